The second-order valence-corrected chi connectivity index (χ2v) is 7.30. The molecule has 0 bridgehead atoms. The molecule has 0 amide bonds. The minimum Gasteiger partial charge on any atom is -0.344 e. The van der Waals surface area contributed by atoms with Crippen LogP contribution in [0.5, 0.6) is 0 Å². The zero-order valence-electron chi connectivity index (χ0n) is 18.0. The average Bonchev–Trinajstić information content (AvgIpc) is 3.13. The molecule has 3 aromatic heterocycles. The molecule has 10 nitrogen and oxygen atoms in total. The summed E-state index contributed by atoms with van der Waals surface area (Å²) in [7, 11) is 3.38. The second-order valence-electron chi connectivity index (χ2n) is 7.30. The van der Waals surface area contributed by atoms with E-state index >= 15 is 0 Å². The van der Waals surface area contributed by atoms with Gasteiger partial charge in [-0.2, -0.15) is 10.2 Å². The maximum atomic E-state index is 13.4. The van der Waals surface area contributed by atoms with Crippen molar-refractivity contribution in [3.63, 3.8) is 0 Å². The Labute approximate surface area is 179 Å². The third-order valence-electron chi connectivity index (χ3n) is 4.85. The van der Waals surface area contributed by atoms with Crippen LogP contribution in [0.25, 0.3) is 11.2 Å². The minimum atomic E-state index is -0.542. The first-order valence-corrected chi connectivity index (χ1v) is 9.70. The number of nitrogens with zero attached hydrogens (tertiary/aromatic N) is 7. The molecule has 31 heavy (non-hydrogen) atoms. The van der Waals surface area contributed by atoms with Crippen LogP contribution in [0.3, 0.4) is 0 Å². The molecule has 0 spiro atoms. The summed E-state index contributed by atoms with van der Waals surface area (Å²) in [6.07, 6.45) is 1.52. The predicted molar refractivity (Wildman–Crippen MR) is 118 cm³/mol. The zero-order valence-corrected chi connectivity index (χ0v) is 18.0. The first-order valence-electron chi connectivity index (χ1n) is 9.70. The van der Waals surface area contributed by atoms with Gasteiger partial charge in [-0.25, -0.2) is 4.79 Å². The van der Waals surface area contributed by atoms with Crippen molar-refractivity contribution in [2.45, 2.75) is 33.0 Å². The van der Waals surface area contributed by atoms with Gasteiger partial charge in [-0.3, -0.25) is 23.5 Å². The highest BCUT2D eigenvalue weighted by molar-refractivity contribution is 5.74. The lowest BCUT2D eigenvalue weighted by Gasteiger charge is -2.20. The third-order valence-corrected chi connectivity index (χ3v) is 4.85. The molecule has 2 N–H and O–H groups in total. The zero-order chi connectivity index (χ0) is 22.7. The maximum Gasteiger partial charge on any atom is 0.332 e. The fraction of sp³-hybridized carbons (Fsp3) is 0.381. The van der Waals surface area contributed by atoms with E-state index in [1.165, 1.54) is 10.8 Å². The quantitative estimate of drug-likeness (QED) is 0.557. The molecule has 0 aromatic carbocycles. The topological polar surface area (TPSA) is 128 Å². The number of aromatic nitrogens is 5. The highest BCUT2D eigenvalue weighted by Gasteiger charge is 2.22. The molecular formula is C21H24N8O2. The molecule has 160 valence electrons. The number of likely N-dealkylation sites (N-methyl/N-ethyl adjacent to an activating group) is 1. The van der Waals surface area contributed by atoms with Gasteiger partial charge in [-0.05, 0) is 26.0 Å². The van der Waals surface area contributed by atoms with E-state index in [9.17, 15) is 14.9 Å². The lowest BCUT2D eigenvalue weighted by Crippen LogP contribution is -2.40. The molecule has 0 aliphatic rings. The maximum absolute atomic E-state index is 13.4. The Morgan fingerprint density at radius 3 is 2.71 bits per heavy atom. The van der Waals surface area contributed by atoms with Gasteiger partial charge in [0.15, 0.2) is 11.2 Å². The van der Waals surface area contributed by atoms with E-state index in [1.807, 2.05) is 24.9 Å². The lowest BCUT2D eigenvalue weighted by molar-refractivity contribution is 0.643. The van der Waals surface area contributed by atoms with Gasteiger partial charge in [0, 0.05) is 32.9 Å². The van der Waals surface area contributed by atoms with Crippen LogP contribution in [-0.2, 0) is 20.1 Å². The van der Waals surface area contributed by atoms with Gasteiger partial charge < -0.3 is 10.6 Å². The number of pyridine rings is 1. The van der Waals surface area contributed by atoms with E-state index in [4.69, 9.17) is 5.73 Å². The van der Waals surface area contributed by atoms with E-state index in [0.29, 0.717) is 23.8 Å². The standard InChI is InChI=1S/C21H24N8O2/c1-5-6-10-28-17-18(25-20(28)26(3)12-14(2)23)27(4)21(31)29(19(17)30)13-16-15(11-22)8-7-9-24-16/h7-9,14H,10,12-13,23H2,1-4H3/t14-/m0/s1. The molecule has 3 heterocycles. The molecule has 10 heteroatoms. The average molecular weight is 420 g/mol. The van der Waals surface area contributed by atoms with Crippen molar-refractivity contribution in [3.8, 4) is 17.9 Å². The number of hydrogen-bond acceptors (Lipinski definition) is 7. The highest BCUT2D eigenvalue weighted by Crippen LogP contribution is 2.19. The van der Waals surface area contributed by atoms with Crippen molar-refractivity contribution in [1.29, 1.82) is 5.26 Å². The summed E-state index contributed by atoms with van der Waals surface area (Å²) in [6, 6.07) is 5.15. The summed E-state index contributed by atoms with van der Waals surface area (Å²) in [5.41, 5.74) is 6.04. The van der Waals surface area contributed by atoms with Crippen molar-refractivity contribution in [1.82, 2.24) is 23.7 Å². The highest BCUT2D eigenvalue weighted by atomic mass is 16.2. The Morgan fingerprint density at radius 2 is 2.06 bits per heavy atom. The Hall–Kier alpha value is -3.89. The monoisotopic (exact) mass is 420 g/mol. The van der Waals surface area contributed by atoms with E-state index in [-0.39, 0.29) is 30.3 Å². The molecule has 0 saturated carbocycles. The number of nitriles is 1. The SMILES string of the molecule is CC#CCn1c(N(C)C[C@H](C)N)nc2c1c(=O)n(Cc1ncccc1C#N)c(=O)n2C. The number of anilines is 1. The van der Waals surface area contributed by atoms with Gasteiger partial charge in [0.25, 0.3) is 5.56 Å². The van der Waals surface area contributed by atoms with Gasteiger partial charge >= 0.3 is 5.69 Å². The third kappa shape index (κ3) is 4.06. The number of imidazole rings is 1. The van der Waals surface area contributed by atoms with E-state index in [2.05, 4.69) is 21.8 Å². The number of nitrogens with two attached hydrogens (primary N) is 1. The number of hydrogen-bond donors (Lipinski definition) is 1. The van der Waals surface area contributed by atoms with Crippen LogP contribution >= 0.6 is 0 Å². The Kier molecular flexibility index (Phi) is 6.23. The summed E-state index contributed by atoms with van der Waals surface area (Å²) < 4.78 is 4.08. The van der Waals surface area contributed by atoms with Gasteiger partial charge in [0.05, 0.1) is 24.3 Å². The number of aryl methyl sites for hydroxylation is 1. The van der Waals surface area contributed by atoms with E-state index in [0.717, 1.165) is 4.57 Å². The minimum absolute atomic E-state index is 0.121. The van der Waals surface area contributed by atoms with Gasteiger partial charge in [0.2, 0.25) is 5.95 Å². The van der Waals surface area contributed by atoms with Crippen molar-refractivity contribution >= 4 is 17.1 Å². The molecular weight excluding hydrogens is 396 g/mol. The Bertz CT molecular complexity index is 1340. The van der Waals surface area contributed by atoms with Crippen LogP contribution in [0.15, 0.2) is 27.9 Å². The van der Waals surface area contributed by atoms with Crippen LogP contribution in [0.4, 0.5) is 5.95 Å². The fourth-order valence-corrected chi connectivity index (χ4v) is 3.43. The van der Waals surface area contributed by atoms with Crippen LogP contribution in [-0.4, -0.2) is 43.3 Å². The molecule has 0 fully saturated rings. The summed E-state index contributed by atoms with van der Waals surface area (Å²) in [6.45, 7) is 4.19. The normalized spacial score (nSPS) is 11.6. The van der Waals surface area contributed by atoms with E-state index in [1.54, 1.807) is 30.7 Å². The van der Waals surface area contributed by atoms with Crippen molar-refractivity contribution in [2.24, 2.45) is 12.8 Å². The molecule has 0 aliphatic carbocycles. The molecule has 0 radical (unpaired) electrons. The smallest absolute Gasteiger partial charge is 0.332 e. The Balaban J connectivity index is 2.29. The summed E-state index contributed by atoms with van der Waals surface area (Å²) in [5.74, 6) is 6.29. The fourth-order valence-electron chi connectivity index (χ4n) is 3.43. The molecule has 1 atom stereocenters. The first-order chi connectivity index (χ1) is 14.8. The van der Waals surface area contributed by atoms with Crippen molar-refractivity contribution < 1.29 is 0 Å². The summed E-state index contributed by atoms with van der Waals surface area (Å²) >= 11 is 0. The van der Waals surface area contributed by atoms with Gasteiger partial charge in [-0.1, -0.05) is 5.92 Å². The van der Waals surface area contributed by atoms with Crippen LogP contribution in [0.2, 0.25) is 0 Å². The number of fused-ring (bicyclic) bond motifs is 1. The van der Waals surface area contributed by atoms with Gasteiger partial charge in [-0.15, -0.1) is 5.92 Å². The molecule has 3 aromatic rings. The van der Waals surface area contributed by atoms with Gasteiger partial charge in [0.1, 0.15) is 6.07 Å². The van der Waals surface area contributed by atoms with Crippen LogP contribution in [0.1, 0.15) is 25.1 Å². The molecule has 0 aliphatic heterocycles. The van der Waals surface area contributed by atoms with Crippen LogP contribution in [0, 0.1) is 23.2 Å². The Morgan fingerprint density at radius 1 is 1.32 bits per heavy atom. The van der Waals surface area contributed by atoms with E-state index < -0.39 is 11.2 Å². The number of rotatable bonds is 6. The van der Waals surface area contributed by atoms with Crippen LogP contribution < -0.4 is 21.9 Å². The van der Waals surface area contributed by atoms with Crippen molar-refractivity contribution in [3.05, 3.63) is 50.4 Å². The first kappa shape index (κ1) is 21.8. The predicted octanol–water partition coefficient (Wildman–Crippen LogP) is 0.0184. The second kappa shape index (κ2) is 8.86. The lowest BCUT2D eigenvalue weighted by atomic mass is 10.2. The van der Waals surface area contributed by atoms with Crippen molar-refractivity contribution in [2.75, 3.05) is 18.5 Å². The summed E-state index contributed by atoms with van der Waals surface area (Å²) in [5, 5.41) is 9.33. The summed E-state index contributed by atoms with van der Waals surface area (Å²) in [4.78, 5) is 37.0. The molecule has 0 saturated heterocycles. The molecule has 3 rings (SSSR count). The molecule has 0 unspecified atom stereocenters. The largest absolute Gasteiger partial charge is 0.344 e.